The van der Waals surface area contributed by atoms with E-state index in [1.165, 1.54) is 25.1 Å². The van der Waals surface area contributed by atoms with Crippen LogP contribution in [0, 0.1) is 29.6 Å². The zero-order valence-electron chi connectivity index (χ0n) is 21.2. The number of carbonyl (C=O) groups excluding carboxylic acids is 6. The molecule has 1 amide bonds. The predicted molar refractivity (Wildman–Crippen MR) is 129 cm³/mol. The maximum absolute atomic E-state index is 14.1. The zero-order chi connectivity index (χ0) is 27.8. The van der Waals surface area contributed by atoms with Gasteiger partial charge in [-0.3, -0.25) is 33.7 Å². The van der Waals surface area contributed by atoms with Crippen molar-refractivity contribution >= 4 is 35.0 Å². The van der Waals surface area contributed by atoms with Crippen LogP contribution < -0.4 is 5.73 Å². The normalized spacial score (nSPS) is 36.7. The van der Waals surface area contributed by atoms with Crippen molar-refractivity contribution in [3.05, 3.63) is 29.3 Å². The molecule has 0 radical (unpaired) electrons. The van der Waals surface area contributed by atoms with Gasteiger partial charge in [-0.2, -0.15) is 0 Å². The van der Waals surface area contributed by atoms with E-state index in [1.807, 2.05) is 0 Å². The molecule has 0 aliphatic heterocycles. The Kier molecular flexibility index (Phi) is 6.07. The van der Waals surface area contributed by atoms with Crippen LogP contribution in [0.15, 0.2) is 18.2 Å². The molecule has 0 spiro atoms. The van der Waals surface area contributed by atoms with Crippen molar-refractivity contribution in [2.24, 2.45) is 35.3 Å². The molecule has 11 nitrogen and oxygen atoms in total. The molecule has 3 saturated carbocycles. The number of primary amides is 1. The number of amides is 1. The van der Waals surface area contributed by atoms with Gasteiger partial charge in [0.25, 0.3) is 0 Å². The molecule has 1 aromatic carbocycles. The molecule has 5 rings (SSSR count). The lowest BCUT2D eigenvalue weighted by Gasteiger charge is -2.56. The van der Waals surface area contributed by atoms with E-state index in [9.17, 15) is 39.0 Å². The Bertz CT molecular complexity index is 1290. The van der Waals surface area contributed by atoms with Gasteiger partial charge in [-0.15, -0.1) is 0 Å². The van der Waals surface area contributed by atoms with Gasteiger partial charge in [-0.25, -0.2) is 0 Å². The number of aromatic hydroxyl groups is 1. The second kappa shape index (κ2) is 8.81. The van der Waals surface area contributed by atoms with Gasteiger partial charge in [0.2, 0.25) is 5.91 Å². The first-order chi connectivity index (χ1) is 17.8. The molecule has 0 bridgehead atoms. The van der Waals surface area contributed by atoms with E-state index in [4.69, 9.17) is 10.5 Å². The molecule has 4 N–H and O–H groups in total. The summed E-state index contributed by atoms with van der Waals surface area (Å²) in [7, 11) is 2.95. The van der Waals surface area contributed by atoms with Crippen molar-refractivity contribution in [3.63, 3.8) is 0 Å². The van der Waals surface area contributed by atoms with Gasteiger partial charge in [-0.05, 0) is 44.5 Å². The van der Waals surface area contributed by atoms with Gasteiger partial charge in [0.15, 0.2) is 34.7 Å². The van der Waals surface area contributed by atoms with Crippen LogP contribution in [0.3, 0.4) is 0 Å². The fraction of sp³-hybridized carbons (Fsp3) is 0.556. The van der Waals surface area contributed by atoms with E-state index in [0.717, 1.165) is 6.42 Å². The summed E-state index contributed by atoms with van der Waals surface area (Å²) in [4.78, 5) is 81.7. The van der Waals surface area contributed by atoms with Crippen molar-refractivity contribution in [2.75, 3.05) is 14.1 Å². The number of ether oxygens (including phenoxy) is 1. The second-order valence-corrected chi connectivity index (χ2v) is 11.1. The second-order valence-electron chi connectivity index (χ2n) is 11.1. The number of hydrogen-bond donors (Lipinski definition) is 3. The van der Waals surface area contributed by atoms with Gasteiger partial charge >= 0.3 is 5.97 Å². The smallest absolute Gasteiger partial charge is 0.309 e. The fourth-order valence-corrected chi connectivity index (χ4v) is 6.94. The molecule has 4 aliphatic rings. The van der Waals surface area contributed by atoms with E-state index in [-0.39, 0.29) is 11.3 Å². The van der Waals surface area contributed by atoms with E-state index in [1.54, 1.807) is 19.1 Å². The topological polar surface area (TPSA) is 181 Å². The molecule has 4 aliphatic carbocycles. The highest BCUT2D eigenvalue weighted by Crippen LogP contribution is 2.55. The Hall–Kier alpha value is -3.44. The van der Waals surface area contributed by atoms with Crippen LogP contribution in [0.5, 0.6) is 5.75 Å². The number of aliphatic hydroxyl groups is 1. The number of benzene rings is 1. The van der Waals surface area contributed by atoms with E-state index in [2.05, 4.69) is 0 Å². The third kappa shape index (κ3) is 3.34. The van der Waals surface area contributed by atoms with Crippen LogP contribution >= 0.6 is 0 Å². The third-order valence-corrected chi connectivity index (χ3v) is 9.02. The molecular formula is C27H30N2O9. The molecule has 3 unspecified atom stereocenters. The van der Waals surface area contributed by atoms with Crippen LogP contribution in [0.1, 0.15) is 48.0 Å². The highest BCUT2D eigenvalue weighted by Gasteiger charge is 2.74. The summed E-state index contributed by atoms with van der Waals surface area (Å²) in [5, 5.41) is 22.4. The Labute approximate surface area is 218 Å². The Balaban J connectivity index is 1.75. The molecule has 0 saturated heterocycles. The lowest BCUT2D eigenvalue weighted by atomic mass is 9.49. The van der Waals surface area contributed by atoms with Crippen LogP contribution in [-0.2, 0) is 28.7 Å². The Morgan fingerprint density at radius 2 is 1.76 bits per heavy atom. The van der Waals surface area contributed by atoms with Gasteiger partial charge in [0.05, 0.1) is 29.4 Å². The van der Waals surface area contributed by atoms with Gasteiger partial charge in [-0.1, -0.05) is 25.5 Å². The number of carbonyl (C=O) groups is 6. The van der Waals surface area contributed by atoms with Crippen molar-refractivity contribution in [3.8, 4) is 5.75 Å². The highest BCUT2D eigenvalue weighted by atomic mass is 16.5. The van der Waals surface area contributed by atoms with E-state index >= 15 is 0 Å². The van der Waals surface area contributed by atoms with Crippen LogP contribution in [0.4, 0.5) is 0 Å². The van der Waals surface area contributed by atoms with Crippen molar-refractivity contribution < 1.29 is 43.7 Å². The molecule has 0 heterocycles. The SMILES string of the molecule is CC1c2cccc(O)c2C(=O)C2C(=O)[C@]3(O)C(=O)C(C(N)=O)C(=O)[C@@H](N(C)C)[C@@H]3[C@@H](OC(=O)C3CCC3)[C@@H]21. The minimum atomic E-state index is -3.01. The summed E-state index contributed by atoms with van der Waals surface area (Å²) in [6.45, 7) is 1.70. The molecule has 1 aromatic rings. The van der Waals surface area contributed by atoms with Gasteiger partial charge in [0.1, 0.15) is 11.9 Å². The van der Waals surface area contributed by atoms with E-state index in [0.29, 0.717) is 18.4 Å². The number of ketones is 4. The zero-order valence-corrected chi connectivity index (χ0v) is 21.2. The average Bonchev–Trinajstić information content (AvgIpc) is 2.79. The van der Waals surface area contributed by atoms with Gasteiger partial charge in [0, 0.05) is 5.92 Å². The average molecular weight is 527 g/mol. The fourth-order valence-electron chi connectivity index (χ4n) is 6.94. The molecule has 3 fully saturated rings. The number of Topliss-reactive ketones (excluding diaryl/α,β-unsaturated/α-hetero) is 4. The van der Waals surface area contributed by atoms with Crippen molar-refractivity contribution in [2.45, 2.75) is 49.9 Å². The number of esters is 1. The number of phenolic OH excluding ortho intramolecular Hbond substituents is 1. The summed E-state index contributed by atoms with van der Waals surface area (Å²) >= 11 is 0. The molecule has 38 heavy (non-hydrogen) atoms. The quantitative estimate of drug-likeness (QED) is 0.349. The first-order valence-electron chi connectivity index (χ1n) is 12.7. The van der Waals surface area contributed by atoms with Crippen LogP contribution in [-0.4, -0.2) is 82.0 Å². The molecule has 8 atom stereocenters. The summed E-state index contributed by atoms with van der Waals surface area (Å²) in [6.07, 6.45) is 0.579. The standard InChI is InChI=1S/C27H30N2O9/c1-10-12-8-5-9-13(30)15(12)20(31)16-14(10)22(38-26(36)11-6-4-7-11)18-19(29(2)3)21(32)17(25(28)35)24(34)27(18,37)23(16)33/h5,8-11,14,16-19,22,30,37H,4,6-7H2,1-3H3,(H2,28,35)/t10?,14-,16?,17?,18-,19+,22+,27+/m1/s1. The first kappa shape index (κ1) is 26.2. The molecule has 0 aromatic heterocycles. The van der Waals surface area contributed by atoms with Gasteiger partial charge < -0.3 is 20.7 Å². The lowest BCUT2D eigenvalue weighted by Crippen LogP contribution is -2.78. The number of phenols is 1. The monoisotopic (exact) mass is 526 g/mol. The van der Waals surface area contributed by atoms with Crippen molar-refractivity contribution in [1.29, 1.82) is 0 Å². The predicted octanol–water partition coefficient (Wildman–Crippen LogP) is -0.250. The Morgan fingerprint density at radius 3 is 2.32 bits per heavy atom. The first-order valence-corrected chi connectivity index (χ1v) is 12.7. The van der Waals surface area contributed by atoms with Crippen LogP contribution in [0.2, 0.25) is 0 Å². The van der Waals surface area contributed by atoms with E-state index < -0.39 is 88.3 Å². The lowest BCUT2D eigenvalue weighted by molar-refractivity contribution is -0.208. The largest absolute Gasteiger partial charge is 0.507 e. The minimum absolute atomic E-state index is 0.115. The summed E-state index contributed by atoms with van der Waals surface area (Å²) in [6, 6.07) is 3.06. The summed E-state index contributed by atoms with van der Waals surface area (Å²) in [5.41, 5.74) is 2.67. The van der Waals surface area contributed by atoms with Crippen molar-refractivity contribution in [1.82, 2.24) is 4.90 Å². The molecule has 202 valence electrons. The number of nitrogens with zero attached hydrogens (tertiary/aromatic N) is 1. The maximum Gasteiger partial charge on any atom is 0.309 e. The summed E-state index contributed by atoms with van der Waals surface area (Å²) < 4.78 is 5.97. The molecule has 11 heteroatoms. The molecular weight excluding hydrogens is 496 g/mol. The number of rotatable bonds is 4. The highest BCUT2D eigenvalue weighted by molar-refractivity contribution is 6.32. The number of nitrogens with two attached hydrogens (primary N) is 1. The number of likely N-dealkylation sites (N-methyl/N-ethyl adjacent to an activating group) is 1. The minimum Gasteiger partial charge on any atom is -0.507 e. The number of hydrogen-bond acceptors (Lipinski definition) is 10. The Morgan fingerprint density at radius 1 is 1.11 bits per heavy atom. The number of fused-ring (bicyclic) bond motifs is 3. The maximum atomic E-state index is 14.1. The third-order valence-electron chi connectivity index (χ3n) is 9.02. The van der Waals surface area contributed by atoms with Crippen LogP contribution in [0.25, 0.3) is 0 Å². The summed E-state index contributed by atoms with van der Waals surface area (Å²) in [5.74, 6) is -14.1.